The molecule has 1 aromatic rings. The molecule has 4 nitrogen and oxygen atoms in total. The Balaban J connectivity index is 2.15. The van der Waals surface area contributed by atoms with Crippen molar-refractivity contribution in [3.05, 3.63) is 10.5 Å². The van der Waals surface area contributed by atoms with E-state index in [4.69, 9.17) is 11.6 Å². The van der Waals surface area contributed by atoms with Gasteiger partial charge in [0, 0.05) is 5.38 Å². The fourth-order valence-electron chi connectivity index (χ4n) is 2.16. The van der Waals surface area contributed by atoms with Crippen LogP contribution in [-0.4, -0.2) is 21.6 Å². The molecule has 17 heavy (non-hydrogen) atoms. The van der Waals surface area contributed by atoms with Crippen LogP contribution in [0.25, 0.3) is 0 Å². The molecule has 1 heterocycles. The number of aliphatic carboxylic acids is 1. The van der Waals surface area contributed by atoms with E-state index in [9.17, 15) is 9.90 Å². The van der Waals surface area contributed by atoms with E-state index in [0.29, 0.717) is 29.0 Å². The smallest absolute Gasteiger partial charge is 0.329 e. The number of carbonyl (C=O) groups is 1. The largest absolute Gasteiger partial charge is 0.480 e. The highest BCUT2D eigenvalue weighted by molar-refractivity contribution is 7.14. The Hall–Kier alpha value is -0.810. The van der Waals surface area contributed by atoms with Crippen LogP contribution in [0.15, 0.2) is 5.38 Å². The standard InChI is InChI=1S/C11H15ClN2O2S/c1-7-2-4-11(5-3-7,9(15)16)14-10-13-8(12)6-17-10/h6-7H,2-5H2,1H3,(H,13,14)(H,15,16). The third kappa shape index (κ3) is 2.72. The molecule has 0 spiro atoms. The molecule has 1 aromatic heterocycles. The van der Waals surface area contributed by atoms with Crippen LogP contribution in [-0.2, 0) is 4.79 Å². The van der Waals surface area contributed by atoms with Crippen molar-refractivity contribution in [2.45, 2.75) is 38.1 Å². The summed E-state index contributed by atoms with van der Waals surface area (Å²) in [5.74, 6) is -0.195. The summed E-state index contributed by atoms with van der Waals surface area (Å²) in [7, 11) is 0. The van der Waals surface area contributed by atoms with E-state index in [1.807, 2.05) is 0 Å². The fraction of sp³-hybridized carbons (Fsp3) is 0.636. The molecule has 0 atom stereocenters. The van der Waals surface area contributed by atoms with Crippen molar-refractivity contribution in [2.75, 3.05) is 5.32 Å². The summed E-state index contributed by atoms with van der Waals surface area (Å²) in [5.41, 5.74) is -0.867. The molecule has 1 saturated carbocycles. The minimum atomic E-state index is -0.867. The summed E-state index contributed by atoms with van der Waals surface area (Å²) in [5, 5.41) is 15.2. The number of nitrogens with zero attached hydrogens (tertiary/aromatic N) is 1. The van der Waals surface area contributed by atoms with E-state index in [1.54, 1.807) is 5.38 Å². The van der Waals surface area contributed by atoms with Crippen molar-refractivity contribution in [2.24, 2.45) is 5.92 Å². The van der Waals surface area contributed by atoms with Gasteiger partial charge in [-0.05, 0) is 31.6 Å². The summed E-state index contributed by atoms with van der Waals surface area (Å²) < 4.78 is 0. The second kappa shape index (κ2) is 4.82. The molecule has 0 aliphatic heterocycles. The van der Waals surface area contributed by atoms with E-state index in [2.05, 4.69) is 17.2 Å². The lowest BCUT2D eigenvalue weighted by Crippen LogP contribution is -2.48. The second-order valence-corrected chi connectivity index (χ2v) is 5.92. The van der Waals surface area contributed by atoms with Crippen molar-refractivity contribution in [1.29, 1.82) is 0 Å². The molecule has 0 amide bonds. The van der Waals surface area contributed by atoms with Gasteiger partial charge in [0.1, 0.15) is 10.7 Å². The molecule has 1 aliphatic rings. The molecule has 94 valence electrons. The molecule has 2 N–H and O–H groups in total. The fourth-order valence-corrected chi connectivity index (χ4v) is 3.10. The SMILES string of the molecule is CC1CCC(Nc2nc(Cl)cs2)(C(=O)O)CC1. The second-order valence-electron chi connectivity index (χ2n) is 4.67. The maximum Gasteiger partial charge on any atom is 0.329 e. The van der Waals surface area contributed by atoms with Gasteiger partial charge in [-0.15, -0.1) is 11.3 Å². The van der Waals surface area contributed by atoms with Crippen LogP contribution in [0.2, 0.25) is 5.15 Å². The Morgan fingerprint density at radius 3 is 2.76 bits per heavy atom. The van der Waals surface area contributed by atoms with Gasteiger partial charge >= 0.3 is 5.97 Å². The first-order valence-corrected chi connectivity index (χ1v) is 6.90. The van der Waals surface area contributed by atoms with Crippen LogP contribution in [0, 0.1) is 5.92 Å². The zero-order valence-electron chi connectivity index (χ0n) is 9.57. The third-order valence-corrected chi connectivity index (χ3v) is 4.44. The summed E-state index contributed by atoms with van der Waals surface area (Å²) in [6.07, 6.45) is 3.14. The van der Waals surface area contributed by atoms with Crippen molar-refractivity contribution >= 4 is 34.0 Å². The number of carboxylic acid groups (broad SMARTS) is 1. The first kappa shape index (κ1) is 12.6. The maximum absolute atomic E-state index is 11.5. The number of hydrogen-bond acceptors (Lipinski definition) is 4. The molecular weight excluding hydrogens is 260 g/mol. The average molecular weight is 275 g/mol. The Morgan fingerprint density at radius 1 is 1.65 bits per heavy atom. The highest BCUT2D eigenvalue weighted by Gasteiger charge is 2.41. The van der Waals surface area contributed by atoms with Gasteiger partial charge < -0.3 is 10.4 Å². The highest BCUT2D eigenvalue weighted by atomic mass is 35.5. The number of anilines is 1. The molecule has 2 rings (SSSR count). The maximum atomic E-state index is 11.5. The van der Waals surface area contributed by atoms with Crippen LogP contribution < -0.4 is 5.32 Å². The number of rotatable bonds is 3. The van der Waals surface area contributed by atoms with Gasteiger partial charge in [-0.2, -0.15) is 0 Å². The van der Waals surface area contributed by atoms with Crippen LogP contribution in [0.5, 0.6) is 0 Å². The molecule has 0 radical (unpaired) electrons. The first-order chi connectivity index (χ1) is 8.02. The Labute approximate surface area is 109 Å². The van der Waals surface area contributed by atoms with Crippen molar-refractivity contribution in [1.82, 2.24) is 4.98 Å². The topological polar surface area (TPSA) is 62.2 Å². The summed E-state index contributed by atoms with van der Waals surface area (Å²) >= 11 is 7.08. The van der Waals surface area contributed by atoms with Crippen molar-refractivity contribution in [3.8, 4) is 0 Å². The average Bonchev–Trinajstić information content (AvgIpc) is 2.67. The number of aromatic nitrogens is 1. The number of nitrogens with one attached hydrogen (secondary N) is 1. The van der Waals surface area contributed by atoms with Gasteiger partial charge in [0.05, 0.1) is 0 Å². The number of halogens is 1. The number of carboxylic acids is 1. The lowest BCUT2D eigenvalue weighted by atomic mass is 9.77. The van der Waals surface area contributed by atoms with Crippen LogP contribution in [0.3, 0.4) is 0 Å². The van der Waals surface area contributed by atoms with E-state index < -0.39 is 11.5 Å². The summed E-state index contributed by atoms with van der Waals surface area (Å²) in [6.45, 7) is 2.16. The first-order valence-electron chi connectivity index (χ1n) is 5.64. The van der Waals surface area contributed by atoms with Crippen LogP contribution in [0.1, 0.15) is 32.6 Å². The predicted octanol–water partition coefficient (Wildman–Crippen LogP) is 3.24. The quantitative estimate of drug-likeness (QED) is 0.888. The minimum absolute atomic E-state index is 0.405. The van der Waals surface area contributed by atoms with E-state index in [-0.39, 0.29) is 0 Å². The molecule has 0 unspecified atom stereocenters. The van der Waals surface area contributed by atoms with Gasteiger partial charge in [0.25, 0.3) is 0 Å². The lowest BCUT2D eigenvalue weighted by Gasteiger charge is -2.36. The van der Waals surface area contributed by atoms with Gasteiger partial charge in [0.15, 0.2) is 5.13 Å². The molecule has 1 fully saturated rings. The summed E-state index contributed by atoms with van der Waals surface area (Å²) in [6, 6.07) is 0. The Morgan fingerprint density at radius 2 is 2.29 bits per heavy atom. The van der Waals surface area contributed by atoms with Gasteiger partial charge in [-0.25, -0.2) is 9.78 Å². The minimum Gasteiger partial charge on any atom is -0.480 e. The lowest BCUT2D eigenvalue weighted by molar-refractivity contribution is -0.143. The number of thiazole rings is 1. The Bertz CT molecular complexity index is 413. The molecule has 1 aliphatic carbocycles. The highest BCUT2D eigenvalue weighted by Crippen LogP contribution is 2.35. The zero-order chi connectivity index (χ0) is 12.5. The zero-order valence-corrected chi connectivity index (χ0v) is 11.1. The van der Waals surface area contributed by atoms with E-state index >= 15 is 0 Å². The van der Waals surface area contributed by atoms with Gasteiger partial charge in [0.2, 0.25) is 0 Å². The van der Waals surface area contributed by atoms with Crippen molar-refractivity contribution in [3.63, 3.8) is 0 Å². The number of hydrogen-bond donors (Lipinski definition) is 2. The van der Waals surface area contributed by atoms with Crippen molar-refractivity contribution < 1.29 is 9.90 Å². The molecule has 0 aromatic carbocycles. The third-order valence-electron chi connectivity index (χ3n) is 3.36. The molecule has 6 heteroatoms. The Kier molecular flexibility index (Phi) is 3.58. The predicted molar refractivity (Wildman–Crippen MR) is 68.7 cm³/mol. The van der Waals surface area contributed by atoms with Gasteiger partial charge in [-0.3, -0.25) is 0 Å². The normalized spacial score (nSPS) is 28.9. The van der Waals surface area contributed by atoms with E-state index in [0.717, 1.165) is 12.8 Å². The summed E-state index contributed by atoms with van der Waals surface area (Å²) in [4.78, 5) is 15.5. The molecular formula is C11H15ClN2O2S. The molecule has 0 saturated heterocycles. The van der Waals surface area contributed by atoms with Crippen LogP contribution in [0.4, 0.5) is 5.13 Å². The van der Waals surface area contributed by atoms with Gasteiger partial charge in [-0.1, -0.05) is 18.5 Å². The monoisotopic (exact) mass is 274 g/mol. The van der Waals surface area contributed by atoms with E-state index in [1.165, 1.54) is 11.3 Å². The molecule has 0 bridgehead atoms. The van der Waals surface area contributed by atoms with Crippen LogP contribution >= 0.6 is 22.9 Å².